The van der Waals surface area contributed by atoms with E-state index >= 15 is 0 Å². The Morgan fingerprint density at radius 2 is 1.87 bits per heavy atom. The molecule has 2 aliphatic heterocycles. The first-order valence-electron chi connectivity index (χ1n) is 8.95. The summed E-state index contributed by atoms with van der Waals surface area (Å²) in [5, 5.41) is 3.14. The van der Waals surface area contributed by atoms with Crippen LogP contribution in [0.4, 0.5) is 0 Å². The fraction of sp³-hybridized carbons (Fsp3) is 0.941. The molecule has 2 fully saturated rings. The lowest BCUT2D eigenvalue weighted by molar-refractivity contribution is -0.125. The summed E-state index contributed by atoms with van der Waals surface area (Å²) in [5.74, 6) is 0.220. The molecule has 2 heterocycles. The third kappa shape index (κ3) is 5.31. The summed E-state index contributed by atoms with van der Waals surface area (Å²) in [5.41, 5.74) is 6.13. The summed E-state index contributed by atoms with van der Waals surface area (Å²) in [6, 6.07) is -0.400. The summed E-state index contributed by atoms with van der Waals surface area (Å²) in [6.45, 7) is 8.71. The number of likely N-dealkylation sites (tertiary alicyclic amines) is 1. The van der Waals surface area contributed by atoms with Gasteiger partial charge in [0.05, 0.1) is 6.04 Å². The molecule has 0 bridgehead atoms. The fourth-order valence-corrected chi connectivity index (χ4v) is 3.61. The predicted molar refractivity (Wildman–Crippen MR) is 95.9 cm³/mol. The molecule has 23 heavy (non-hydrogen) atoms. The van der Waals surface area contributed by atoms with Crippen LogP contribution in [0.1, 0.15) is 52.4 Å². The first-order chi connectivity index (χ1) is 10.6. The number of piperidine rings is 1. The highest BCUT2D eigenvalue weighted by Gasteiger charge is 2.39. The molecule has 0 aromatic heterocycles. The molecule has 1 amide bonds. The molecule has 2 atom stereocenters. The van der Waals surface area contributed by atoms with Gasteiger partial charge in [0.1, 0.15) is 0 Å². The minimum Gasteiger partial charge on any atom is -0.381 e. The van der Waals surface area contributed by atoms with E-state index in [-0.39, 0.29) is 29.8 Å². The maximum Gasteiger partial charge on any atom is 0.237 e. The highest BCUT2D eigenvalue weighted by molar-refractivity contribution is 5.85. The lowest BCUT2D eigenvalue weighted by Crippen LogP contribution is -2.61. The first-order valence-corrected chi connectivity index (χ1v) is 8.95. The van der Waals surface area contributed by atoms with Crippen LogP contribution in [0.15, 0.2) is 0 Å². The van der Waals surface area contributed by atoms with Crippen molar-refractivity contribution in [2.45, 2.75) is 64.0 Å². The van der Waals surface area contributed by atoms with Gasteiger partial charge in [-0.25, -0.2) is 0 Å². The van der Waals surface area contributed by atoms with E-state index in [1.165, 1.54) is 19.3 Å². The van der Waals surface area contributed by atoms with E-state index in [9.17, 15) is 4.79 Å². The number of amides is 1. The minimum atomic E-state index is -0.400. The SMILES string of the molecule is CCC(C)C(N)C(=O)NCC1(N2CCCCC2)CCOCC1.Cl. The number of nitrogens with one attached hydrogen (secondary N) is 1. The van der Waals surface area contributed by atoms with E-state index in [1.54, 1.807) is 0 Å². The van der Waals surface area contributed by atoms with Crippen LogP contribution in [0.25, 0.3) is 0 Å². The summed E-state index contributed by atoms with van der Waals surface area (Å²) >= 11 is 0. The number of ether oxygens (including phenoxy) is 1. The van der Waals surface area contributed by atoms with E-state index in [0.29, 0.717) is 6.54 Å². The molecule has 5 nitrogen and oxygen atoms in total. The Morgan fingerprint density at radius 3 is 2.43 bits per heavy atom. The Balaban J connectivity index is 0.00000264. The number of rotatable bonds is 6. The molecular formula is C17H34ClN3O2. The van der Waals surface area contributed by atoms with Gasteiger partial charge in [0.25, 0.3) is 0 Å². The maximum atomic E-state index is 12.3. The largest absolute Gasteiger partial charge is 0.381 e. The minimum absolute atomic E-state index is 0. The van der Waals surface area contributed by atoms with Crippen LogP contribution in [0.2, 0.25) is 0 Å². The van der Waals surface area contributed by atoms with Crippen molar-refractivity contribution in [3.63, 3.8) is 0 Å². The zero-order chi connectivity index (χ0) is 16.0. The van der Waals surface area contributed by atoms with Crippen molar-refractivity contribution >= 4 is 18.3 Å². The second-order valence-electron chi connectivity index (χ2n) is 7.01. The van der Waals surface area contributed by atoms with Crippen LogP contribution in [-0.2, 0) is 9.53 Å². The van der Waals surface area contributed by atoms with Crippen LogP contribution in [0, 0.1) is 5.92 Å². The maximum absolute atomic E-state index is 12.3. The highest BCUT2D eigenvalue weighted by atomic mass is 35.5. The number of carbonyl (C=O) groups is 1. The Bertz CT molecular complexity index is 356. The van der Waals surface area contributed by atoms with Gasteiger partial charge in [0.15, 0.2) is 0 Å². The molecule has 0 aliphatic carbocycles. The standard InChI is InChI=1S/C17H33N3O2.ClH/c1-3-14(2)15(18)16(21)19-13-17(7-11-22-12-8-17)20-9-5-4-6-10-20;/h14-15H,3-13,18H2,1-2H3,(H,19,21);1H. The summed E-state index contributed by atoms with van der Waals surface area (Å²) in [4.78, 5) is 14.9. The van der Waals surface area contributed by atoms with E-state index in [2.05, 4.69) is 17.1 Å². The van der Waals surface area contributed by atoms with Crippen molar-refractivity contribution in [1.82, 2.24) is 10.2 Å². The predicted octanol–water partition coefficient (Wildman–Crippen LogP) is 1.93. The van der Waals surface area contributed by atoms with Gasteiger partial charge in [-0.05, 0) is 44.7 Å². The Hall–Kier alpha value is -0.360. The lowest BCUT2D eigenvalue weighted by atomic mass is 9.85. The Labute approximate surface area is 147 Å². The molecule has 0 saturated carbocycles. The number of carbonyl (C=O) groups excluding carboxylic acids is 1. The van der Waals surface area contributed by atoms with Crippen LogP contribution in [0.3, 0.4) is 0 Å². The van der Waals surface area contributed by atoms with Crippen molar-refractivity contribution in [2.24, 2.45) is 11.7 Å². The average Bonchev–Trinajstić information content (AvgIpc) is 2.59. The summed E-state index contributed by atoms with van der Waals surface area (Å²) < 4.78 is 5.56. The molecule has 2 aliphatic rings. The molecule has 2 saturated heterocycles. The third-order valence-corrected chi connectivity index (χ3v) is 5.60. The molecule has 0 spiro atoms. The molecule has 2 unspecified atom stereocenters. The number of halogens is 1. The second kappa shape index (κ2) is 9.82. The summed E-state index contributed by atoms with van der Waals surface area (Å²) in [7, 11) is 0. The molecule has 3 N–H and O–H groups in total. The van der Waals surface area contributed by atoms with Gasteiger partial charge in [-0.2, -0.15) is 0 Å². The first kappa shape index (κ1) is 20.7. The zero-order valence-corrected chi connectivity index (χ0v) is 15.5. The van der Waals surface area contributed by atoms with E-state index in [0.717, 1.165) is 45.6 Å². The van der Waals surface area contributed by atoms with Crippen molar-refractivity contribution in [3.05, 3.63) is 0 Å². The molecule has 6 heteroatoms. The fourth-order valence-electron chi connectivity index (χ4n) is 3.61. The van der Waals surface area contributed by atoms with Crippen molar-refractivity contribution < 1.29 is 9.53 Å². The number of hydrogen-bond donors (Lipinski definition) is 2. The van der Waals surface area contributed by atoms with E-state index < -0.39 is 6.04 Å². The smallest absolute Gasteiger partial charge is 0.237 e. The Kier molecular flexibility index (Phi) is 8.83. The topological polar surface area (TPSA) is 67.6 Å². The number of nitrogens with zero attached hydrogens (tertiary/aromatic N) is 1. The Morgan fingerprint density at radius 1 is 1.26 bits per heavy atom. The van der Waals surface area contributed by atoms with Crippen molar-refractivity contribution in [3.8, 4) is 0 Å². The summed E-state index contributed by atoms with van der Waals surface area (Å²) in [6.07, 6.45) is 6.80. The van der Waals surface area contributed by atoms with Crippen LogP contribution in [0.5, 0.6) is 0 Å². The molecular weight excluding hydrogens is 314 g/mol. The normalized spacial score (nSPS) is 24.3. The van der Waals surface area contributed by atoms with Gasteiger partial charge in [-0.3, -0.25) is 9.69 Å². The average molecular weight is 348 g/mol. The second-order valence-corrected chi connectivity index (χ2v) is 7.01. The zero-order valence-electron chi connectivity index (χ0n) is 14.7. The number of nitrogens with two attached hydrogens (primary N) is 1. The van der Waals surface area contributed by atoms with E-state index in [1.807, 2.05) is 6.92 Å². The lowest BCUT2D eigenvalue weighted by Gasteiger charge is -2.48. The van der Waals surface area contributed by atoms with Gasteiger partial charge in [-0.1, -0.05) is 26.7 Å². The van der Waals surface area contributed by atoms with Crippen LogP contribution in [-0.4, -0.2) is 55.2 Å². The van der Waals surface area contributed by atoms with Crippen LogP contribution >= 0.6 is 12.4 Å². The molecule has 0 aromatic carbocycles. The van der Waals surface area contributed by atoms with Gasteiger partial charge in [-0.15, -0.1) is 12.4 Å². The van der Waals surface area contributed by atoms with Gasteiger partial charge in [0.2, 0.25) is 5.91 Å². The molecule has 136 valence electrons. The van der Waals surface area contributed by atoms with E-state index in [4.69, 9.17) is 10.5 Å². The van der Waals surface area contributed by atoms with Crippen LogP contribution < -0.4 is 11.1 Å². The number of hydrogen-bond acceptors (Lipinski definition) is 4. The molecule has 0 aromatic rings. The quantitative estimate of drug-likeness (QED) is 0.770. The van der Waals surface area contributed by atoms with Crippen molar-refractivity contribution in [2.75, 3.05) is 32.8 Å². The highest BCUT2D eigenvalue weighted by Crippen LogP contribution is 2.30. The van der Waals surface area contributed by atoms with Gasteiger partial charge < -0.3 is 15.8 Å². The molecule has 0 radical (unpaired) electrons. The van der Waals surface area contributed by atoms with Crippen molar-refractivity contribution in [1.29, 1.82) is 0 Å². The monoisotopic (exact) mass is 347 g/mol. The van der Waals surface area contributed by atoms with Gasteiger partial charge >= 0.3 is 0 Å². The van der Waals surface area contributed by atoms with Gasteiger partial charge in [0, 0.05) is 25.3 Å². The third-order valence-electron chi connectivity index (χ3n) is 5.60. The molecule has 2 rings (SSSR count).